The smallest absolute Gasteiger partial charge is 0.254 e. The summed E-state index contributed by atoms with van der Waals surface area (Å²) in [6, 6.07) is 14.3. The predicted molar refractivity (Wildman–Crippen MR) is 99.2 cm³/mol. The van der Waals surface area contributed by atoms with Gasteiger partial charge in [0.25, 0.3) is 5.91 Å². The molecule has 1 amide bonds. The number of amides is 1. The number of hydrogen-bond acceptors (Lipinski definition) is 2. The predicted octanol–water partition coefficient (Wildman–Crippen LogP) is 3.91. The molecule has 1 aromatic heterocycles. The van der Waals surface area contributed by atoms with E-state index in [-0.39, 0.29) is 11.9 Å². The third-order valence-electron chi connectivity index (χ3n) is 5.36. The zero-order chi connectivity index (χ0) is 17.6. The molecule has 25 heavy (non-hydrogen) atoms. The van der Waals surface area contributed by atoms with E-state index in [1.807, 2.05) is 38.2 Å². The van der Waals surface area contributed by atoms with Crippen molar-refractivity contribution >= 4 is 16.8 Å². The van der Waals surface area contributed by atoms with Crippen LogP contribution in [-0.4, -0.2) is 17.6 Å². The molecule has 0 bridgehead atoms. The lowest BCUT2D eigenvalue weighted by atomic mass is 10.1. The molecular weight excluding hydrogens is 312 g/mol. The molecule has 3 aromatic rings. The monoisotopic (exact) mass is 334 g/mol. The lowest BCUT2D eigenvalue weighted by Crippen LogP contribution is -2.27. The number of aromatic nitrogens is 1. The third-order valence-corrected chi connectivity index (χ3v) is 5.36. The summed E-state index contributed by atoms with van der Waals surface area (Å²) in [6.07, 6.45) is 1.97. The van der Waals surface area contributed by atoms with Crippen molar-refractivity contribution in [3.05, 3.63) is 64.8 Å². The Labute approximate surface area is 147 Å². The van der Waals surface area contributed by atoms with Crippen molar-refractivity contribution in [2.24, 2.45) is 7.05 Å². The minimum atomic E-state index is -0.0157. The van der Waals surface area contributed by atoms with Crippen molar-refractivity contribution in [1.82, 2.24) is 9.88 Å². The lowest BCUT2D eigenvalue weighted by molar-refractivity contribution is 0.0937. The van der Waals surface area contributed by atoms with Crippen molar-refractivity contribution in [1.29, 1.82) is 0 Å². The number of nitrogens with zero attached hydrogens (tertiary/aromatic N) is 1. The summed E-state index contributed by atoms with van der Waals surface area (Å²) in [4.78, 5) is 13.1. The van der Waals surface area contributed by atoms with Gasteiger partial charge < -0.3 is 14.6 Å². The van der Waals surface area contributed by atoms with Crippen molar-refractivity contribution < 1.29 is 9.53 Å². The van der Waals surface area contributed by atoms with Gasteiger partial charge in [-0.3, -0.25) is 4.79 Å². The molecule has 1 aliphatic carbocycles. The highest BCUT2D eigenvalue weighted by molar-refractivity contribution is 6.09. The summed E-state index contributed by atoms with van der Waals surface area (Å²) in [5, 5.41) is 4.18. The second-order valence-electron chi connectivity index (χ2n) is 6.67. The van der Waals surface area contributed by atoms with Crippen molar-refractivity contribution in [3.8, 4) is 5.75 Å². The Morgan fingerprint density at radius 3 is 2.84 bits per heavy atom. The summed E-state index contributed by atoms with van der Waals surface area (Å²) < 4.78 is 7.41. The fourth-order valence-electron chi connectivity index (χ4n) is 3.90. The van der Waals surface area contributed by atoms with Crippen LogP contribution in [-0.2, 0) is 13.5 Å². The topological polar surface area (TPSA) is 43.3 Å². The zero-order valence-corrected chi connectivity index (χ0v) is 14.8. The fraction of sp³-hybridized carbons (Fsp3) is 0.286. The van der Waals surface area contributed by atoms with E-state index in [2.05, 4.69) is 28.1 Å². The van der Waals surface area contributed by atoms with Gasteiger partial charge in [0.2, 0.25) is 0 Å². The van der Waals surface area contributed by atoms with E-state index >= 15 is 0 Å². The average molecular weight is 334 g/mol. The van der Waals surface area contributed by atoms with Crippen LogP contribution in [0.4, 0.5) is 0 Å². The summed E-state index contributed by atoms with van der Waals surface area (Å²) in [7, 11) is 3.64. The second-order valence-corrected chi connectivity index (χ2v) is 6.67. The fourth-order valence-corrected chi connectivity index (χ4v) is 3.90. The van der Waals surface area contributed by atoms with Crippen LogP contribution in [0, 0.1) is 6.92 Å². The number of ether oxygens (including phenoxy) is 1. The van der Waals surface area contributed by atoms with E-state index < -0.39 is 0 Å². The van der Waals surface area contributed by atoms with Crippen LogP contribution in [0.3, 0.4) is 0 Å². The Hall–Kier alpha value is -2.75. The Bertz CT molecular complexity index is 971. The van der Waals surface area contributed by atoms with Gasteiger partial charge in [-0.25, -0.2) is 0 Å². The molecule has 1 aliphatic rings. The van der Waals surface area contributed by atoms with Crippen LogP contribution in [0.25, 0.3) is 10.9 Å². The molecule has 0 unspecified atom stereocenters. The van der Waals surface area contributed by atoms with E-state index in [9.17, 15) is 4.79 Å². The maximum atomic E-state index is 13.1. The number of carbonyl (C=O) groups is 1. The molecule has 0 radical (unpaired) electrons. The van der Waals surface area contributed by atoms with Gasteiger partial charge in [0.1, 0.15) is 5.75 Å². The first-order valence-corrected chi connectivity index (χ1v) is 8.62. The summed E-state index contributed by atoms with van der Waals surface area (Å²) in [5.41, 5.74) is 5.32. The molecular formula is C21H22N2O2. The van der Waals surface area contributed by atoms with Crippen molar-refractivity contribution in [2.45, 2.75) is 25.8 Å². The molecule has 2 aromatic carbocycles. The largest absolute Gasteiger partial charge is 0.497 e. The van der Waals surface area contributed by atoms with Gasteiger partial charge in [0, 0.05) is 23.6 Å². The van der Waals surface area contributed by atoms with Crippen LogP contribution in [0.2, 0.25) is 0 Å². The minimum Gasteiger partial charge on any atom is -0.497 e. The number of nitrogens with one attached hydrogen (secondary N) is 1. The summed E-state index contributed by atoms with van der Waals surface area (Å²) >= 11 is 0. The molecule has 0 fully saturated rings. The van der Waals surface area contributed by atoms with Gasteiger partial charge in [0.15, 0.2) is 0 Å². The maximum Gasteiger partial charge on any atom is 0.254 e. The van der Waals surface area contributed by atoms with Gasteiger partial charge in [-0.15, -0.1) is 0 Å². The quantitative estimate of drug-likeness (QED) is 0.789. The molecule has 0 spiro atoms. The van der Waals surface area contributed by atoms with Crippen LogP contribution in [0.5, 0.6) is 5.75 Å². The highest BCUT2D eigenvalue weighted by Crippen LogP contribution is 2.33. The number of aryl methyl sites for hydroxylation is 2. The van der Waals surface area contributed by atoms with Crippen LogP contribution in [0.15, 0.2) is 42.5 Å². The molecule has 0 saturated carbocycles. The van der Waals surface area contributed by atoms with Crippen LogP contribution < -0.4 is 10.1 Å². The van der Waals surface area contributed by atoms with E-state index in [0.717, 1.165) is 40.8 Å². The Morgan fingerprint density at radius 1 is 1.24 bits per heavy atom. The Balaban J connectivity index is 1.72. The highest BCUT2D eigenvalue weighted by Gasteiger charge is 2.26. The van der Waals surface area contributed by atoms with E-state index in [1.54, 1.807) is 7.11 Å². The zero-order valence-electron chi connectivity index (χ0n) is 14.8. The van der Waals surface area contributed by atoms with Gasteiger partial charge in [-0.05, 0) is 49.1 Å². The molecule has 1 atom stereocenters. The molecule has 0 aliphatic heterocycles. The van der Waals surface area contributed by atoms with Crippen LogP contribution >= 0.6 is 0 Å². The highest BCUT2D eigenvalue weighted by atomic mass is 16.5. The summed E-state index contributed by atoms with van der Waals surface area (Å²) in [5.74, 6) is 0.747. The van der Waals surface area contributed by atoms with Crippen LogP contribution in [0.1, 0.15) is 39.6 Å². The molecule has 1 heterocycles. The van der Waals surface area contributed by atoms with Gasteiger partial charge in [0.05, 0.1) is 18.7 Å². The summed E-state index contributed by atoms with van der Waals surface area (Å²) in [6.45, 7) is 1.99. The molecule has 128 valence electrons. The molecule has 4 rings (SSSR count). The molecule has 4 nitrogen and oxygen atoms in total. The first-order chi connectivity index (χ1) is 12.1. The van der Waals surface area contributed by atoms with Crippen molar-refractivity contribution in [3.63, 3.8) is 0 Å². The number of rotatable bonds is 3. The number of methoxy groups -OCH3 is 1. The van der Waals surface area contributed by atoms with E-state index in [4.69, 9.17) is 4.74 Å². The standard InChI is InChI=1S/C21H22N2O2/c1-13-20(17-12-15(25-3)9-11-19(17)23(13)2)21(24)22-18-10-8-14-6-4-5-7-16(14)18/h4-7,9,11-12,18H,8,10H2,1-3H3,(H,22,24)/t18-/m0/s1. The number of carbonyl (C=O) groups excluding carboxylic acids is 1. The second kappa shape index (κ2) is 5.96. The van der Waals surface area contributed by atoms with E-state index in [0.29, 0.717) is 0 Å². The first-order valence-electron chi connectivity index (χ1n) is 8.62. The molecule has 0 saturated heterocycles. The van der Waals surface area contributed by atoms with Crippen molar-refractivity contribution in [2.75, 3.05) is 7.11 Å². The van der Waals surface area contributed by atoms with Gasteiger partial charge in [-0.1, -0.05) is 24.3 Å². The Morgan fingerprint density at radius 2 is 2.04 bits per heavy atom. The van der Waals surface area contributed by atoms with Gasteiger partial charge >= 0.3 is 0 Å². The third kappa shape index (κ3) is 2.49. The molecule has 1 N–H and O–H groups in total. The number of hydrogen-bond donors (Lipinski definition) is 1. The first kappa shape index (κ1) is 15.8. The average Bonchev–Trinajstić information content (AvgIpc) is 3.14. The maximum absolute atomic E-state index is 13.1. The minimum absolute atomic E-state index is 0.0157. The normalized spacial score (nSPS) is 16.0. The Kier molecular flexibility index (Phi) is 3.75. The van der Waals surface area contributed by atoms with Gasteiger partial charge in [-0.2, -0.15) is 0 Å². The number of benzene rings is 2. The van der Waals surface area contributed by atoms with E-state index in [1.165, 1.54) is 11.1 Å². The lowest BCUT2D eigenvalue weighted by Gasteiger charge is -2.14. The molecule has 4 heteroatoms. The SMILES string of the molecule is COc1ccc2c(c1)c(C(=O)N[C@H]1CCc3ccccc31)c(C)n2C. The number of fused-ring (bicyclic) bond motifs is 2.